The van der Waals surface area contributed by atoms with Crippen molar-refractivity contribution in [3.05, 3.63) is 29.8 Å². The van der Waals surface area contributed by atoms with E-state index in [1.807, 2.05) is 12.1 Å². The lowest BCUT2D eigenvalue weighted by molar-refractivity contribution is -0.126. The van der Waals surface area contributed by atoms with Crippen molar-refractivity contribution in [2.45, 2.75) is 39.5 Å². The predicted octanol–water partition coefficient (Wildman–Crippen LogP) is 1.65. The highest BCUT2D eigenvalue weighted by Gasteiger charge is 2.06. The second-order valence-electron chi connectivity index (χ2n) is 6.01. The number of hydrogen-bond donors (Lipinski definition) is 2. The Morgan fingerprint density at radius 1 is 0.962 bits per heavy atom. The Kier molecular flexibility index (Phi) is 9.86. The van der Waals surface area contributed by atoms with Crippen LogP contribution in [0.1, 0.15) is 38.7 Å². The van der Waals surface area contributed by atoms with Crippen molar-refractivity contribution in [1.29, 1.82) is 0 Å². The minimum atomic E-state index is -0.158. The second kappa shape index (κ2) is 11.9. The van der Waals surface area contributed by atoms with E-state index in [1.54, 1.807) is 12.1 Å². The number of anilines is 1. The van der Waals surface area contributed by atoms with Gasteiger partial charge in [-0.25, -0.2) is 0 Å². The van der Waals surface area contributed by atoms with Crippen LogP contribution in [0.3, 0.4) is 0 Å². The fraction of sp³-hybridized carbons (Fsp3) is 0.474. The molecule has 0 radical (unpaired) electrons. The van der Waals surface area contributed by atoms with Crippen LogP contribution in [0.4, 0.5) is 5.69 Å². The average molecular weight is 362 g/mol. The minimum Gasteiger partial charge on any atom is -0.379 e. The average Bonchev–Trinajstić information content (AvgIpc) is 2.56. The van der Waals surface area contributed by atoms with Crippen LogP contribution in [0.15, 0.2) is 24.3 Å². The van der Waals surface area contributed by atoms with Gasteiger partial charge < -0.3 is 15.4 Å². The number of Topliss-reactive ketones (excluding diaryl/α,β-unsaturated/α-hetero) is 2. The predicted molar refractivity (Wildman–Crippen MR) is 97.8 cm³/mol. The monoisotopic (exact) mass is 362 g/mol. The Morgan fingerprint density at radius 3 is 2.27 bits per heavy atom. The van der Waals surface area contributed by atoms with Crippen LogP contribution in [0.2, 0.25) is 0 Å². The van der Waals surface area contributed by atoms with Gasteiger partial charge in [-0.05, 0) is 31.0 Å². The van der Waals surface area contributed by atoms with Gasteiger partial charge in [0.1, 0.15) is 11.6 Å². The van der Waals surface area contributed by atoms with Crippen molar-refractivity contribution >= 4 is 29.1 Å². The summed E-state index contributed by atoms with van der Waals surface area (Å²) in [7, 11) is 0. The SMILES string of the molecule is CC(=O)CC(=O)CCc1ccc(NC(=O)CCOCCNC(C)=O)cc1. The van der Waals surface area contributed by atoms with Crippen LogP contribution in [0.25, 0.3) is 0 Å². The molecule has 1 aromatic carbocycles. The zero-order valence-corrected chi connectivity index (χ0v) is 15.3. The molecule has 7 nitrogen and oxygen atoms in total. The topological polar surface area (TPSA) is 102 Å². The van der Waals surface area contributed by atoms with E-state index < -0.39 is 0 Å². The number of nitrogens with one attached hydrogen (secondary N) is 2. The summed E-state index contributed by atoms with van der Waals surface area (Å²) < 4.78 is 5.26. The van der Waals surface area contributed by atoms with Gasteiger partial charge in [-0.15, -0.1) is 0 Å². The molecule has 0 heterocycles. The van der Waals surface area contributed by atoms with Crippen molar-refractivity contribution in [3.8, 4) is 0 Å². The molecule has 0 fully saturated rings. The molecule has 0 aliphatic rings. The van der Waals surface area contributed by atoms with Crippen LogP contribution < -0.4 is 10.6 Å². The maximum atomic E-state index is 11.8. The van der Waals surface area contributed by atoms with Gasteiger partial charge in [0.05, 0.1) is 26.1 Å². The summed E-state index contributed by atoms with van der Waals surface area (Å²) in [6, 6.07) is 7.25. The van der Waals surface area contributed by atoms with E-state index in [-0.39, 0.29) is 42.8 Å². The lowest BCUT2D eigenvalue weighted by Crippen LogP contribution is -2.25. The van der Waals surface area contributed by atoms with Gasteiger partial charge in [-0.1, -0.05) is 12.1 Å². The van der Waals surface area contributed by atoms with Gasteiger partial charge in [-0.3, -0.25) is 19.2 Å². The number of hydrogen-bond acceptors (Lipinski definition) is 5. The summed E-state index contributed by atoms with van der Waals surface area (Å²) in [5, 5.41) is 5.37. The third-order valence-electron chi connectivity index (χ3n) is 3.47. The molecule has 0 unspecified atom stereocenters. The molecule has 0 saturated carbocycles. The number of ether oxygens (including phenoxy) is 1. The van der Waals surface area contributed by atoms with E-state index in [1.165, 1.54) is 13.8 Å². The lowest BCUT2D eigenvalue weighted by atomic mass is 10.0. The van der Waals surface area contributed by atoms with Crippen LogP contribution >= 0.6 is 0 Å². The molecule has 0 aliphatic carbocycles. The van der Waals surface area contributed by atoms with E-state index in [4.69, 9.17) is 4.74 Å². The Hall–Kier alpha value is -2.54. The van der Waals surface area contributed by atoms with E-state index in [0.717, 1.165) is 5.56 Å². The first-order chi connectivity index (χ1) is 12.4. The van der Waals surface area contributed by atoms with Gasteiger partial charge in [0.2, 0.25) is 11.8 Å². The third kappa shape index (κ3) is 10.4. The summed E-state index contributed by atoms with van der Waals surface area (Å²) in [6.45, 7) is 3.91. The van der Waals surface area contributed by atoms with Crippen LogP contribution in [-0.4, -0.2) is 43.1 Å². The molecule has 1 rings (SSSR count). The highest BCUT2D eigenvalue weighted by Crippen LogP contribution is 2.12. The highest BCUT2D eigenvalue weighted by atomic mass is 16.5. The van der Waals surface area contributed by atoms with Crippen molar-refractivity contribution in [3.63, 3.8) is 0 Å². The van der Waals surface area contributed by atoms with Gasteiger partial charge in [-0.2, -0.15) is 0 Å². The zero-order chi connectivity index (χ0) is 19.4. The molecule has 2 amide bonds. The molecular weight excluding hydrogens is 336 g/mol. The first kappa shape index (κ1) is 21.5. The van der Waals surface area contributed by atoms with Crippen molar-refractivity contribution in [1.82, 2.24) is 5.32 Å². The van der Waals surface area contributed by atoms with Crippen LogP contribution in [0, 0.1) is 0 Å². The summed E-state index contributed by atoms with van der Waals surface area (Å²) in [4.78, 5) is 44.9. The first-order valence-corrected chi connectivity index (χ1v) is 8.59. The molecule has 0 atom stereocenters. The number of ketones is 2. The van der Waals surface area contributed by atoms with E-state index >= 15 is 0 Å². The molecule has 2 N–H and O–H groups in total. The number of carbonyl (C=O) groups is 4. The van der Waals surface area contributed by atoms with E-state index in [0.29, 0.717) is 31.7 Å². The van der Waals surface area contributed by atoms with Gasteiger partial charge >= 0.3 is 0 Å². The van der Waals surface area contributed by atoms with Gasteiger partial charge in [0, 0.05) is 25.6 Å². The van der Waals surface area contributed by atoms with Gasteiger partial charge in [0.25, 0.3) is 0 Å². The van der Waals surface area contributed by atoms with E-state index in [2.05, 4.69) is 10.6 Å². The first-order valence-electron chi connectivity index (χ1n) is 8.59. The number of benzene rings is 1. The normalized spacial score (nSPS) is 10.2. The maximum absolute atomic E-state index is 11.8. The molecule has 0 aliphatic heterocycles. The Balaban J connectivity index is 2.24. The largest absolute Gasteiger partial charge is 0.379 e. The summed E-state index contributed by atoms with van der Waals surface area (Å²) in [5.41, 5.74) is 1.65. The van der Waals surface area contributed by atoms with Crippen molar-refractivity contribution in [2.24, 2.45) is 0 Å². The van der Waals surface area contributed by atoms with Crippen molar-refractivity contribution in [2.75, 3.05) is 25.1 Å². The smallest absolute Gasteiger partial charge is 0.226 e. The fourth-order valence-corrected chi connectivity index (χ4v) is 2.19. The summed E-state index contributed by atoms with van der Waals surface area (Å²) >= 11 is 0. The molecule has 142 valence electrons. The molecule has 0 aromatic heterocycles. The number of rotatable bonds is 12. The molecule has 0 spiro atoms. The Labute approximate surface area is 153 Å². The summed E-state index contributed by atoms with van der Waals surface area (Å²) in [6.07, 6.45) is 1.12. The second-order valence-corrected chi connectivity index (χ2v) is 6.01. The summed E-state index contributed by atoms with van der Waals surface area (Å²) in [5.74, 6) is -0.451. The van der Waals surface area contributed by atoms with Crippen LogP contribution in [-0.2, 0) is 30.3 Å². The third-order valence-corrected chi connectivity index (χ3v) is 3.47. The molecular formula is C19H26N2O5. The minimum absolute atomic E-state index is 0.0129. The molecule has 0 bridgehead atoms. The number of carbonyl (C=O) groups excluding carboxylic acids is 4. The highest BCUT2D eigenvalue weighted by molar-refractivity contribution is 5.98. The Bertz CT molecular complexity index is 625. The van der Waals surface area contributed by atoms with Crippen LogP contribution in [0.5, 0.6) is 0 Å². The quantitative estimate of drug-likeness (QED) is 0.435. The van der Waals surface area contributed by atoms with Gasteiger partial charge in [0.15, 0.2) is 0 Å². The zero-order valence-electron chi connectivity index (χ0n) is 15.3. The number of amides is 2. The molecule has 0 saturated heterocycles. The lowest BCUT2D eigenvalue weighted by Gasteiger charge is -2.07. The Morgan fingerprint density at radius 2 is 1.65 bits per heavy atom. The fourth-order valence-electron chi connectivity index (χ4n) is 2.19. The van der Waals surface area contributed by atoms with Crippen molar-refractivity contribution < 1.29 is 23.9 Å². The maximum Gasteiger partial charge on any atom is 0.226 e. The standard InChI is InChI=1S/C19H26N2O5/c1-14(22)13-18(24)8-5-16-3-6-17(7-4-16)21-19(25)9-11-26-12-10-20-15(2)23/h3-4,6-7H,5,8-13H2,1-2H3,(H,20,23)(H,21,25). The molecule has 1 aromatic rings. The van der Waals surface area contributed by atoms with E-state index in [9.17, 15) is 19.2 Å². The number of aryl methyl sites for hydroxylation is 1. The molecule has 7 heteroatoms. The molecule has 26 heavy (non-hydrogen) atoms.